The number of aliphatic hydroxyl groups excluding tert-OH is 1. The number of hydrogen-bond acceptors (Lipinski definition) is 4. The maximum Gasteiger partial charge on any atom is 0.314 e. The number of ether oxygens (including phenoxy) is 1. The van der Waals surface area contributed by atoms with E-state index in [0.717, 1.165) is 6.42 Å². The van der Waals surface area contributed by atoms with E-state index in [1.807, 2.05) is 13.8 Å². The van der Waals surface area contributed by atoms with E-state index >= 15 is 0 Å². The van der Waals surface area contributed by atoms with Crippen LogP contribution in [0.2, 0.25) is 0 Å². The van der Waals surface area contributed by atoms with Crippen LogP contribution in [0.15, 0.2) is 24.3 Å². The summed E-state index contributed by atoms with van der Waals surface area (Å²) in [6.07, 6.45) is 1.15. The molecule has 1 aromatic carbocycles. The monoisotopic (exact) mass is 320 g/mol. The minimum absolute atomic E-state index is 0.0482. The van der Waals surface area contributed by atoms with E-state index < -0.39 is 23.5 Å². The molecule has 126 valence electrons. The quantitative estimate of drug-likeness (QED) is 0.658. The molecule has 5 nitrogen and oxygen atoms in total. The average molecular weight is 320 g/mol. The van der Waals surface area contributed by atoms with Crippen LogP contribution in [0, 0.1) is 11.8 Å². The lowest BCUT2D eigenvalue weighted by Crippen LogP contribution is -2.51. The summed E-state index contributed by atoms with van der Waals surface area (Å²) in [6, 6.07) is 6.68. The molecule has 1 aliphatic carbocycles. The molecule has 5 heteroatoms. The van der Waals surface area contributed by atoms with Gasteiger partial charge >= 0.3 is 11.9 Å². The van der Waals surface area contributed by atoms with Gasteiger partial charge in [-0.15, -0.1) is 0 Å². The van der Waals surface area contributed by atoms with Gasteiger partial charge in [0.25, 0.3) is 0 Å². The van der Waals surface area contributed by atoms with Crippen LogP contribution in [0.4, 0.5) is 0 Å². The summed E-state index contributed by atoms with van der Waals surface area (Å²) in [5, 5.41) is 20.2. The lowest BCUT2D eigenvalue weighted by atomic mass is 9.58. The predicted octanol–water partition coefficient (Wildman–Crippen LogP) is 2.75. The second-order valence-electron chi connectivity index (χ2n) is 6.36. The molecule has 2 N–H and O–H groups in total. The number of rotatable bonds is 4. The molecule has 0 heterocycles. The van der Waals surface area contributed by atoms with E-state index in [9.17, 15) is 19.8 Å². The van der Waals surface area contributed by atoms with Crippen molar-refractivity contribution in [1.82, 2.24) is 0 Å². The Labute approximate surface area is 136 Å². The Kier molecular flexibility index (Phi) is 5.09. The lowest BCUT2D eigenvalue weighted by Gasteiger charge is -2.46. The predicted molar refractivity (Wildman–Crippen MR) is 85.3 cm³/mol. The highest BCUT2D eigenvalue weighted by Crippen LogP contribution is 2.48. The number of carbonyl (C=O) groups excluding carboxylic acids is 1. The van der Waals surface area contributed by atoms with Gasteiger partial charge in [0.05, 0.1) is 11.5 Å². The van der Waals surface area contributed by atoms with Crippen molar-refractivity contribution in [3.05, 3.63) is 29.8 Å². The highest BCUT2D eigenvalue weighted by molar-refractivity contribution is 5.82. The zero-order valence-corrected chi connectivity index (χ0v) is 13.8. The minimum Gasteiger partial charge on any atom is -0.481 e. The number of benzene rings is 1. The summed E-state index contributed by atoms with van der Waals surface area (Å²) in [7, 11) is 0. The van der Waals surface area contributed by atoms with Gasteiger partial charge in [0, 0.05) is 6.92 Å². The van der Waals surface area contributed by atoms with Crippen LogP contribution < -0.4 is 4.74 Å². The summed E-state index contributed by atoms with van der Waals surface area (Å²) in [5.41, 5.74) is -0.326. The maximum absolute atomic E-state index is 12.2. The molecule has 1 fully saturated rings. The molecular formula is C18H24O5. The van der Waals surface area contributed by atoms with Crippen molar-refractivity contribution in [3.63, 3.8) is 0 Å². The fourth-order valence-electron chi connectivity index (χ4n) is 3.96. The third kappa shape index (κ3) is 3.11. The van der Waals surface area contributed by atoms with Crippen molar-refractivity contribution >= 4 is 11.9 Å². The average Bonchev–Trinajstić information content (AvgIpc) is 2.48. The molecule has 0 aliphatic heterocycles. The SMILES string of the molecule is CCC1C(O)CCC(C(=O)O)(c2ccc(OC(C)=O)cc2)C1C. The number of aliphatic hydroxyl groups is 1. The fourth-order valence-corrected chi connectivity index (χ4v) is 3.96. The first-order chi connectivity index (χ1) is 10.8. The van der Waals surface area contributed by atoms with Crippen molar-refractivity contribution < 1.29 is 24.5 Å². The molecule has 0 spiro atoms. The van der Waals surface area contributed by atoms with Crippen LogP contribution in [-0.2, 0) is 15.0 Å². The lowest BCUT2D eigenvalue weighted by molar-refractivity contribution is -0.151. The van der Waals surface area contributed by atoms with Crippen molar-refractivity contribution in [3.8, 4) is 5.75 Å². The zero-order valence-electron chi connectivity index (χ0n) is 13.8. The normalized spacial score (nSPS) is 30.7. The van der Waals surface area contributed by atoms with Gasteiger partial charge in [-0.25, -0.2) is 0 Å². The van der Waals surface area contributed by atoms with E-state index in [2.05, 4.69) is 0 Å². The van der Waals surface area contributed by atoms with E-state index in [1.165, 1.54) is 6.92 Å². The second kappa shape index (κ2) is 6.71. The van der Waals surface area contributed by atoms with Gasteiger partial charge in [-0.3, -0.25) is 9.59 Å². The first-order valence-electron chi connectivity index (χ1n) is 8.03. The molecule has 0 radical (unpaired) electrons. The van der Waals surface area contributed by atoms with Crippen LogP contribution in [0.1, 0.15) is 45.6 Å². The summed E-state index contributed by atoms with van der Waals surface area (Å²) in [5.74, 6) is -1.11. The number of aliphatic carboxylic acids is 1. The van der Waals surface area contributed by atoms with Crippen molar-refractivity contribution in [2.75, 3.05) is 0 Å². The molecule has 4 unspecified atom stereocenters. The van der Waals surface area contributed by atoms with Crippen LogP contribution in [-0.4, -0.2) is 28.3 Å². The molecule has 2 rings (SSSR count). The molecule has 0 aromatic heterocycles. The van der Waals surface area contributed by atoms with Crippen LogP contribution >= 0.6 is 0 Å². The first kappa shape index (κ1) is 17.5. The van der Waals surface area contributed by atoms with E-state index in [1.54, 1.807) is 24.3 Å². The smallest absolute Gasteiger partial charge is 0.314 e. The molecule has 0 saturated heterocycles. The Bertz CT molecular complexity index is 580. The van der Waals surface area contributed by atoms with Crippen molar-refractivity contribution in [2.45, 2.75) is 51.6 Å². The van der Waals surface area contributed by atoms with Gasteiger partial charge in [-0.2, -0.15) is 0 Å². The van der Waals surface area contributed by atoms with Gasteiger partial charge in [-0.05, 0) is 42.4 Å². The standard InChI is InChI=1S/C18H24O5/c1-4-15-11(2)18(17(21)22,10-9-16(15)20)13-5-7-14(8-6-13)23-12(3)19/h5-8,11,15-16,20H,4,9-10H2,1-3H3,(H,21,22). The van der Waals surface area contributed by atoms with Crippen molar-refractivity contribution in [2.24, 2.45) is 11.8 Å². The molecule has 0 amide bonds. The third-order valence-electron chi connectivity index (χ3n) is 5.23. The number of carboxylic acid groups (broad SMARTS) is 1. The van der Waals surface area contributed by atoms with E-state index in [4.69, 9.17) is 4.74 Å². The van der Waals surface area contributed by atoms with Crippen molar-refractivity contribution in [1.29, 1.82) is 0 Å². The number of esters is 1. The summed E-state index contributed by atoms with van der Waals surface area (Å²) in [4.78, 5) is 23.1. The number of carbonyl (C=O) groups is 2. The Morgan fingerprint density at radius 2 is 1.91 bits per heavy atom. The maximum atomic E-state index is 12.2. The molecule has 1 aliphatic rings. The Hall–Kier alpha value is -1.88. The summed E-state index contributed by atoms with van der Waals surface area (Å²) < 4.78 is 5.01. The van der Waals surface area contributed by atoms with E-state index in [-0.39, 0.29) is 11.8 Å². The fraction of sp³-hybridized carbons (Fsp3) is 0.556. The van der Waals surface area contributed by atoms with Gasteiger partial charge in [0.2, 0.25) is 0 Å². The van der Waals surface area contributed by atoms with Gasteiger partial charge < -0.3 is 14.9 Å². The number of hydrogen-bond donors (Lipinski definition) is 2. The molecule has 1 saturated carbocycles. The Morgan fingerprint density at radius 3 is 2.39 bits per heavy atom. The second-order valence-corrected chi connectivity index (χ2v) is 6.36. The minimum atomic E-state index is -1.02. The number of carboxylic acids is 1. The molecule has 0 bridgehead atoms. The highest BCUT2D eigenvalue weighted by atomic mass is 16.5. The largest absolute Gasteiger partial charge is 0.481 e. The topological polar surface area (TPSA) is 83.8 Å². The van der Waals surface area contributed by atoms with Gasteiger partial charge in [0.15, 0.2) is 0 Å². The summed E-state index contributed by atoms with van der Waals surface area (Å²) in [6.45, 7) is 5.21. The van der Waals surface area contributed by atoms with Crippen LogP contribution in [0.25, 0.3) is 0 Å². The van der Waals surface area contributed by atoms with Crippen LogP contribution in [0.3, 0.4) is 0 Å². The van der Waals surface area contributed by atoms with Gasteiger partial charge in [0.1, 0.15) is 5.75 Å². The highest BCUT2D eigenvalue weighted by Gasteiger charge is 2.52. The zero-order chi connectivity index (χ0) is 17.2. The molecule has 23 heavy (non-hydrogen) atoms. The Balaban J connectivity index is 2.41. The summed E-state index contributed by atoms with van der Waals surface area (Å²) >= 11 is 0. The first-order valence-corrected chi connectivity index (χ1v) is 8.03. The molecule has 1 aromatic rings. The molecular weight excluding hydrogens is 296 g/mol. The Morgan fingerprint density at radius 1 is 1.30 bits per heavy atom. The van der Waals surface area contributed by atoms with Gasteiger partial charge in [-0.1, -0.05) is 32.4 Å². The molecule has 4 atom stereocenters. The van der Waals surface area contributed by atoms with Crippen LogP contribution in [0.5, 0.6) is 5.75 Å². The van der Waals surface area contributed by atoms with E-state index in [0.29, 0.717) is 24.2 Å². The third-order valence-corrected chi connectivity index (χ3v) is 5.23.